The van der Waals surface area contributed by atoms with Gasteiger partial charge in [-0.25, -0.2) is 5.48 Å². The van der Waals surface area contributed by atoms with E-state index in [4.69, 9.17) is 16.8 Å². The summed E-state index contributed by atoms with van der Waals surface area (Å²) in [5.74, 6) is -0.684. The highest BCUT2D eigenvalue weighted by Gasteiger charge is 2.15. The maximum absolute atomic E-state index is 12.3. The van der Waals surface area contributed by atoms with Gasteiger partial charge in [-0.05, 0) is 36.4 Å². The lowest BCUT2D eigenvalue weighted by Crippen LogP contribution is -2.22. The molecule has 6 heteroatoms. The molecule has 0 aliphatic heterocycles. The summed E-state index contributed by atoms with van der Waals surface area (Å²) in [5, 5.41) is 9.08. The zero-order valence-corrected chi connectivity index (χ0v) is 11.5. The Balaban J connectivity index is 2.27. The number of carbonyl (C=O) groups excluding carboxylic acids is 2. The largest absolute Gasteiger partial charge is 0.344 e. The number of halogens is 1. The van der Waals surface area contributed by atoms with Gasteiger partial charge in [-0.1, -0.05) is 11.6 Å². The van der Waals surface area contributed by atoms with Crippen LogP contribution in [0.5, 0.6) is 0 Å². The predicted molar refractivity (Wildman–Crippen MR) is 73.9 cm³/mol. The summed E-state index contributed by atoms with van der Waals surface area (Å²) in [6.45, 7) is 0. The van der Waals surface area contributed by atoms with Gasteiger partial charge in [0, 0.05) is 23.3 Å². The fraction of sp³-hybridized carbons (Fsp3) is 0.143. The third-order valence-electron chi connectivity index (χ3n) is 3.03. The molecule has 0 unspecified atom stereocenters. The Labute approximate surface area is 120 Å². The zero-order chi connectivity index (χ0) is 14.7. The Morgan fingerprint density at radius 1 is 1.20 bits per heavy atom. The minimum absolute atomic E-state index is 0.000891. The first kappa shape index (κ1) is 14.3. The maximum atomic E-state index is 12.3. The van der Waals surface area contributed by atoms with Gasteiger partial charge in [-0.3, -0.25) is 14.8 Å². The third-order valence-corrected chi connectivity index (χ3v) is 3.28. The molecule has 0 aliphatic carbocycles. The fourth-order valence-corrected chi connectivity index (χ4v) is 2.04. The molecule has 0 saturated heterocycles. The smallest absolute Gasteiger partial charge is 0.249 e. The Bertz CT molecular complexity index is 647. The molecule has 2 N–H and O–H groups in total. The molecular weight excluding hydrogens is 280 g/mol. The Kier molecular flexibility index (Phi) is 4.22. The normalized spacial score (nSPS) is 10.3. The molecule has 0 fully saturated rings. The van der Waals surface area contributed by atoms with Crippen molar-refractivity contribution in [3.05, 3.63) is 58.4 Å². The molecule has 1 heterocycles. The molecule has 20 heavy (non-hydrogen) atoms. The van der Waals surface area contributed by atoms with Gasteiger partial charge in [0.05, 0.1) is 12.1 Å². The number of nitrogens with one attached hydrogen (secondary N) is 1. The second-order valence-electron chi connectivity index (χ2n) is 4.32. The lowest BCUT2D eigenvalue weighted by Gasteiger charge is -2.06. The van der Waals surface area contributed by atoms with Gasteiger partial charge in [0.15, 0.2) is 0 Å². The Hall–Kier alpha value is -2.11. The van der Waals surface area contributed by atoms with E-state index in [2.05, 4.69) is 0 Å². The van der Waals surface area contributed by atoms with E-state index in [0.29, 0.717) is 22.0 Å². The molecule has 0 spiro atoms. The van der Waals surface area contributed by atoms with E-state index in [9.17, 15) is 9.59 Å². The van der Waals surface area contributed by atoms with Crippen LogP contribution in [-0.4, -0.2) is 21.5 Å². The monoisotopic (exact) mass is 292 g/mol. The van der Waals surface area contributed by atoms with Crippen LogP contribution in [-0.2, 0) is 18.3 Å². The van der Waals surface area contributed by atoms with Crippen LogP contribution in [0.1, 0.15) is 21.7 Å². The van der Waals surface area contributed by atoms with Crippen LogP contribution in [0.4, 0.5) is 0 Å². The summed E-state index contributed by atoms with van der Waals surface area (Å²) in [4.78, 5) is 23.5. The highest BCUT2D eigenvalue weighted by atomic mass is 35.5. The number of rotatable bonds is 4. The molecule has 0 radical (unpaired) electrons. The predicted octanol–water partition coefficient (Wildman–Crippen LogP) is 1.96. The lowest BCUT2D eigenvalue weighted by molar-refractivity contribution is -0.128. The van der Waals surface area contributed by atoms with Crippen molar-refractivity contribution in [1.82, 2.24) is 10.0 Å². The Morgan fingerprint density at radius 2 is 1.85 bits per heavy atom. The van der Waals surface area contributed by atoms with Crippen molar-refractivity contribution < 1.29 is 14.8 Å². The second kappa shape index (κ2) is 5.90. The number of ketones is 1. The molecule has 2 rings (SSSR count). The summed E-state index contributed by atoms with van der Waals surface area (Å²) in [6, 6.07) is 9.93. The number of amides is 1. The second-order valence-corrected chi connectivity index (χ2v) is 4.75. The first-order chi connectivity index (χ1) is 9.52. The molecule has 0 bridgehead atoms. The zero-order valence-electron chi connectivity index (χ0n) is 10.8. The average molecular weight is 293 g/mol. The van der Waals surface area contributed by atoms with Crippen molar-refractivity contribution in [3.63, 3.8) is 0 Å². The summed E-state index contributed by atoms with van der Waals surface area (Å²) in [5.41, 5.74) is 3.19. The van der Waals surface area contributed by atoms with E-state index in [1.54, 1.807) is 53.5 Å². The SMILES string of the molecule is Cn1c(CC(=O)NO)ccc1C(=O)c1ccc(Cl)cc1. The van der Waals surface area contributed by atoms with Crippen LogP contribution in [0.2, 0.25) is 5.02 Å². The van der Waals surface area contributed by atoms with Crippen LogP contribution < -0.4 is 5.48 Å². The van der Waals surface area contributed by atoms with Crippen LogP contribution >= 0.6 is 11.6 Å². The van der Waals surface area contributed by atoms with Crippen molar-refractivity contribution >= 4 is 23.3 Å². The van der Waals surface area contributed by atoms with Crippen LogP contribution in [0.3, 0.4) is 0 Å². The lowest BCUT2D eigenvalue weighted by atomic mass is 10.1. The topological polar surface area (TPSA) is 71.3 Å². The molecule has 0 atom stereocenters. The first-order valence-electron chi connectivity index (χ1n) is 5.90. The summed E-state index contributed by atoms with van der Waals surface area (Å²) < 4.78 is 1.63. The number of nitrogens with zero attached hydrogens (tertiary/aromatic N) is 1. The highest BCUT2D eigenvalue weighted by Crippen LogP contribution is 2.16. The van der Waals surface area contributed by atoms with E-state index in [1.807, 2.05) is 0 Å². The van der Waals surface area contributed by atoms with Crippen molar-refractivity contribution in [2.45, 2.75) is 6.42 Å². The summed E-state index contributed by atoms with van der Waals surface area (Å²) in [6.07, 6.45) is 0.000891. The van der Waals surface area contributed by atoms with Gasteiger partial charge in [-0.15, -0.1) is 0 Å². The number of hydrogen-bond donors (Lipinski definition) is 2. The molecule has 0 aliphatic rings. The van der Waals surface area contributed by atoms with Crippen LogP contribution in [0, 0.1) is 0 Å². The Morgan fingerprint density at radius 3 is 2.45 bits per heavy atom. The number of aromatic nitrogens is 1. The summed E-state index contributed by atoms with van der Waals surface area (Å²) >= 11 is 5.79. The average Bonchev–Trinajstić information content (AvgIpc) is 2.80. The van der Waals surface area contributed by atoms with E-state index < -0.39 is 5.91 Å². The van der Waals surface area contributed by atoms with Crippen molar-refractivity contribution in [1.29, 1.82) is 0 Å². The minimum atomic E-state index is -0.531. The van der Waals surface area contributed by atoms with E-state index in [1.165, 1.54) is 0 Å². The van der Waals surface area contributed by atoms with E-state index in [-0.39, 0.29) is 12.2 Å². The standard InChI is InChI=1S/C14H13ClN2O3/c1-17-11(8-13(18)16-20)6-7-12(17)14(19)9-2-4-10(15)5-3-9/h2-7,20H,8H2,1H3,(H,16,18). The number of hydroxylamine groups is 1. The molecule has 1 aromatic heterocycles. The van der Waals surface area contributed by atoms with Crippen molar-refractivity contribution in [2.75, 3.05) is 0 Å². The minimum Gasteiger partial charge on any atom is -0.344 e. The van der Waals surface area contributed by atoms with Gasteiger partial charge in [0.25, 0.3) is 0 Å². The first-order valence-corrected chi connectivity index (χ1v) is 6.28. The quantitative estimate of drug-likeness (QED) is 0.514. The van der Waals surface area contributed by atoms with Gasteiger partial charge in [-0.2, -0.15) is 0 Å². The maximum Gasteiger partial charge on any atom is 0.249 e. The molecule has 0 saturated carbocycles. The molecular formula is C14H13ClN2O3. The third kappa shape index (κ3) is 2.89. The van der Waals surface area contributed by atoms with Gasteiger partial charge >= 0.3 is 0 Å². The summed E-state index contributed by atoms with van der Waals surface area (Å²) in [7, 11) is 1.70. The van der Waals surface area contributed by atoms with Gasteiger partial charge in [0.1, 0.15) is 0 Å². The highest BCUT2D eigenvalue weighted by molar-refractivity contribution is 6.30. The molecule has 1 amide bonds. The molecule has 5 nitrogen and oxygen atoms in total. The van der Waals surface area contributed by atoms with E-state index in [0.717, 1.165) is 0 Å². The van der Waals surface area contributed by atoms with Gasteiger partial charge in [0.2, 0.25) is 11.7 Å². The van der Waals surface area contributed by atoms with Crippen molar-refractivity contribution in [3.8, 4) is 0 Å². The van der Waals surface area contributed by atoms with E-state index >= 15 is 0 Å². The number of benzene rings is 1. The fourth-order valence-electron chi connectivity index (χ4n) is 1.91. The molecule has 1 aromatic carbocycles. The van der Waals surface area contributed by atoms with Crippen LogP contribution in [0.15, 0.2) is 36.4 Å². The number of carbonyl (C=O) groups is 2. The molecule has 104 valence electrons. The van der Waals surface area contributed by atoms with Crippen LogP contribution in [0.25, 0.3) is 0 Å². The van der Waals surface area contributed by atoms with Crippen molar-refractivity contribution in [2.24, 2.45) is 7.05 Å². The number of hydrogen-bond acceptors (Lipinski definition) is 3. The van der Waals surface area contributed by atoms with Gasteiger partial charge < -0.3 is 4.57 Å². The molecule has 2 aromatic rings.